The van der Waals surface area contributed by atoms with Crippen molar-refractivity contribution < 1.29 is 18.7 Å². The van der Waals surface area contributed by atoms with Crippen molar-refractivity contribution in [3.8, 4) is 5.75 Å². The van der Waals surface area contributed by atoms with Gasteiger partial charge in [0.2, 0.25) is 5.91 Å². The Morgan fingerprint density at radius 3 is 2.28 bits per heavy atom. The monoisotopic (exact) mass is 434 g/mol. The molecule has 0 N–H and O–H groups in total. The summed E-state index contributed by atoms with van der Waals surface area (Å²) in [7, 11) is 0. The molecule has 0 spiro atoms. The number of rotatable bonds is 6. The first-order valence-corrected chi connectivity index (χ1v) is 10.4. The minimum atomic E-state index is -0.303. The Kier molecular flexibility index (Phi) is 6.69. The number of piperazine rings is 1. The normalized spacial score (nSPS) is 13.7. The van der Waals surface area contributed by atoms with Crippen LogP contribution in [0.25, 0.3) is 0 Å². The van der Waals surface area contributed by atoms with Crippen molar-refractivity contribution in [1.29, 1.82) is 0 Å². The van der Waals surface area contributed by atoms with Gasteiger partial charge in [0.15, 0.2) is 0 Å². The molecule has 1 saturated heterocycles. The van der Waals surface area contributed by atoms with Gasteiger partial charge in [0.25, 0.3) is 5.91 Å². The number of hydrogen-bond donors (Lipinski definition) is 0. The van der Waals surface area contributed by atoms with E-state index < -0.39 is 0 Å². The number of amides is 2. The van der Waals surface area contributed by atoms with Gasteiger partial charge in [-0.3, -0.25) is 9.59 Å². The summed E-state index contributed by atoms with van der Waals surface area (Å²) < 4.78 is 18.9. The molecule has 0 radical (unpaired) electrons. The van der Waals surface area contributed by atoms with Gasteiger partial charge in [0, 0.05) is 44.1 Å². The predicted octanol–water partition coefficient (Wildman–Crippen LogP) is 2.72. The summed E-state index contributed by atoms with van der Waals surface area (Å²) in [5, 5.41) is 0. The van der Waals surface area contributed by atoms with Crippen molar-refractivity contribution in [2.45, 2.75) is 13.0 Å². The fourth-order valence-electron chi connectivity index (χ4n) is 3.50. The first-order chi connectivity index (χ1) is 15.6. The van der Waals surface area contributed by atoms with E-state index in [1.807, 2.05) is 0 Å². The molecule has 32 heavy (non-hydrogen) atoms. The highest BCUT2D eigenvalue weighted by atomic mass is 19.1. The van der Waals surface area contributed by atoms with Gasteiger partial charge in [0.1, 0.15) is 24.0 Å². The van der Waals surface area contributed by atoms with Gasteiger partial charge in [0.05, 0.1) is 6.42 Å². The van der Waals surface area contributed by atoms with Gasteiger partial charge in [-0.25, -0.2) is 14.4 Å². The SMILES string of the molecule is O=C(Cc1ncccn1)N1CCN(C(=O)c2ccc(OCc3cccc(F)c3)cc2)CC1. The molecule has 1 aliphatic heterocycles. The lowest BCUT2D eigenvalue weighted by atomic mass is 10.1. The molecule has 1 fully saturated rings. The highest BCUT2D eigenvalue weighted by Crippen LogP contribution is 2.17. The van der Waals surface area contributed by atoms with Crippen LogP contribution in [0.2, 0.25) is 0 Å². The van der Waals surface area contributed by atoms with Crippen LogP contribution in [0.15, 0.2) is 67.0 Å². The second kappa shape index (κ2) is 10.00. The van der Waals surface area contributed by atoms with Gasteiger partial charge in [-0.1, -0.05) is 12.1 Å². The number of benzene rings is 2. The standard InChI is InChI=1S/C24H23FN4O3/c25-20-4-1-3-18(15-20)17-32-21-7-5-19(6-8-21)24(31)29-13-11-28(12-14-29)23(30)16-22-26-9-2-10-27-22/h1-10,15H,11-14,16-17H2. The first-order valence-electron chi connectivity index (χ1n) is 10.4. The Bertz CT molecular complexity index is 1070. The molecule has 3 aromatic rings. The van der Waals surface area contributed by atoms with E-state index in [2.05, 4.69) is 9.97 Å². The van der Waals surface area contributed by atoms with Crippen LogP contribution in [0.5, 0.6) is 5.75 Å². The molecule has 2 aromatic carbocycles. The number of carbonyl (C=O) groups excluding carboxylic acids is 2. The van der Waals surface area contributed by atoms with Crippen molar-refractivity contribution in [3.63, 3.8) is 0 Å². The first kappa shape index (κ1) is 21.4. The average Bonchev–Trinajstić information content (AvgIpc) is 2.83. The second-order valence-electron chi connectivity index (χ2n) is 7.46. The van der Waals surface area contributed by atoms with Gasteiger partial charge in [-0.15, -0.1) is 0 Å². The summed E-state index contributed by atoms with van der Waals surface area (Å²) >= 11 is 0. The van der Waals surface area contributed by atoms with Crippen LogP contribution in [-0.4, -0.2) is 57.8 Å². The molecule has 0 bridgehead atoms. The maximum Gasteiger partial charge on any atom is 0.253 e. The third kappa shape index (κ3) is 5.46. The summed E-state index contributed by atoms with van der Waals surface area (Å²) in [6.07, 6.45) is 3.39. The molecule has 0 unspecified atom stereocenters. The topological polar surface area (TPSA) is 75.6 Å². The van der Waals surface area contributed by atoms with Gasteiger partial charge in [-0.2, -0.15) is 0 Å². The lowest BCUT2D eigenvalue weighted by Crippen LogP contribution is -2.51. The number of ether oxygens (including phenoxy) is 1. The van der Waals surface area contributed by atoms with Gasteiger partial charge in [-0.05, 0) is 48.0 Å². The zero-order chi connectivity index (χ0) is 22.3. The van der Waals surface area contributed by atoms with E-state index >= 15 is 0 Å². The van der Waals surface area contributed by atoms with Crippen LogP contribution in [0.4, 0.5) is 4.39 Å². The van der Waals surface area contributed by atoms with Gasteiger partial charge < -0.3 is 14.5 Å². The number of nitrogens with zero attached hydrogens (tertiary/aromatic N) is 4. The second-order valence-corrected chi connectivity index (χ2v) is 7.46. The van der Waals surface area contributed by atoms with Crippen molar-refractivity contribution in [1.82, 2.24) is 19.8 Å². The van der Waals surface area contributed by atoms with Crippen LogP contribution >= 0.6 is 0 Å². The van der Waals surface area contributed by atoms with E-state index in [1.165, 1.54) is 12.1 Å². The number of hydrogen-bond acceptors (Lipinski definition) is 5. The fourth-order valence-corrected chi connectivity index (χ4v) is 3.50. The van der Waals surface area contributed by atoms with E-state index in [0.29, 0.717) is 43.3 Å². The third-order valence-electron chi connectivity index (χ3n) is 5.24. The third-order valence-corrected chi connectivity index (χ3v) is 5.24. The molecule has 2 heterocycles. The number of halogens is 1. The van der Waals surface area contributed by atoms with Crippen LogP contribution in [-0.2, 0) is 17.8 Å². The van der Waals surface area contributed by atoms with Crippen molar-refractivity contribution in [2.75, 3.05) is 26.2 Å². The summed E-state index contributed by atoms with van der Waals surface area (Å²) in [4.78, 5) is 36.9. The molecular weight excluding hydrogens is 411 g/mol. The highest BCUT2D eigenvalue weighted by molar-refractivity contribution is 5.94. The molecule has 8 heteroatoms. The Labute approximate surface area is 185 Å². The molecule has 1 aromatic heterocycles. The zero-order valence-corrected chi connectivity index (χ0v) is 17.5. The number of carbonyl (C=O) groups is 2. The molecular formula is C24H23FN4O3. The average molecular weight is 434 g/mol. The summed E-state index contributed by atoms with van der Waals surface area (Å²) in [5.41, 5.74) is 1.29. The molecule has 2 amide bonds. The van der Waals surface area contributed by atoms with E-state index in [4.69, 9.17) is 4.74 Å². The van der Waals surface area contributed by atoms with Crippen LogP contribution in [0, 0.1) is 5.82 Å². The fraction of sp³-hybridized carbons (Fsp3) is 0.250. The quantitative estimate of drug-likeness (QED) is 0.596. The van der Waals surface area contributed by atoms with Gasteiger partial charge >= 0.3 is 0 Å². The van der Waals surface area contributed by atoms with Crippen molar-refractivity contribution in [2.24, 2.45) is 0 Å². The molecule has 164 valence electrons. The lowest BCUT2D eigenvalue weighted by Gasteiger charge is -2.34. The van der Waals surface area contributed by atoms with Crippen molar-refractivity contribution in [3.05, 3.63) is 89.8 Å². The molecule has 4 rings (SSSR count). The predicted molar refractivity (Wildman–Crippen MR) is 115 cm³/mol. The Morgan fingerprint density at radius 1 is 0.906 bits per heavy atom. The van der Waals surface area contributed by atoms with Crippen molar-refractivity contribution >= 4 is 11.8 Å². The minimum Gasteiger partial charge on any atom is -0.489 e. The Morgan fingerprint density at radius 2 is 1.59 bits per heavy atom. The number of aromatic nitrogens is 2. The molecule has 0 aliphatic carbocycles. The van der Waals surface area contributed by atoms with Crippen LogP contribution < -0.4 is 4.74 Å². The van der Waals surface area contributed by atoms with E-state index in [-0.39, 0.29) is 30.7 Å². The maximum atomic E-state index is 13.3. The van der Waals surface area contributed by atoms with E-state index in [9.17, 15) is 14.0 Å². The molecule has 0 saturated carbocycles. The van der Waals surface area contributed by atoms with E-state index in [1.54, 1.807) is 64.7 Å². The highest BCUT2D eigenvalue weighted by Gasteiger charge is 2.25. The maximum absolute atomic E-state index is 13.3. The summed E-state index contributed by atoms with van der Waals surface area (Å²) in [6, 6.07) is 14.8. The Balaban J connectivity index is 1.27. The Hall–Kier alpha value is -3.81. The molecule has 0 atom stereocenters. The molecule has 1 aliphatic rings. The smallest absolute Gasteiger partial charge is 0.253 e. The van der Waals surface area contributed by atoms with Crippen LogP contribution in [0.1, 0.15) is 21.7 Å². The van der Waals surface area contributed by atoms with Crippen LogP contribution in [0.3, 0.4) is 0 Å². The summed E-state index contributed by atoms with van der Waals surface area (Å²) in [5.74, 6) is 0.672. The minimum absolute atomic E-state index is 0.0388. The zero-order valence-electron chi connectivity index (χ0n) is 17.5. The summed E-state index contributed by atoms with van der Waals surface area (Å²) in [6.45, 7) is 2.14. The largest absolute Gasteiger partial charge is 0.489 e. The van der Waals surface area contributed by atoms with E-state index in [0.717, 1.165) is 5.56 Å². The molecule has 7 nitrogen and oxygen atoms in total. The lowest BCUT2D eigenvalue weighted by molar-refractivity contribution is -0.132.